The van der Waals surface area contributed by atoms with Crippen molar-refractivity contribution in [3.63, 3.8) is 0 Å². The molecule has 0 bridgehead atoms. The summed E-state index contributed by atoms with van der Waals surface area (Å²) in [6.07, 6.45) is 0. The van der Waals surface area contributed by atoms with Crippen LogP contribution in [0.5, 0.6) is 0 Å². The number of hydrogen-bond acceptors (Lipinski definition) is 3. The number of halogens is 2. The fourth-order valence-electron chi connectivity index (χ4n) is 1.71. The number of rotatable bonds is 3. The van der Waals surface area contributed by atoms with Gasteiger partial charge < -0.3 is 5.32 Å². The Balaban J connectivity index is 0.00000162. The van der Waals surface area contributed by atoms with Crippen molar-refractivity contribution in [2.45, 2.75) is 19.0 Å². The quantitative estimate of drug-likeness (QED) is 0.902. The van der Waals surface area contributed by atoms with E-state index in [0.717, 1.165) is 17.2 Å². The topological polar surface area (TPSA) is 41.1 Å². The van der Waals surface area contributed by atoms with Crippen LogP contribution in [0.25, 0.3) is 0 Å². The van der Waals surface area contributed by atoms with E-state index < -0.39 is 0 Å². The summed E-state index contributed by atoms with van der Waals surface area (Å²) in [5.41, 5.74) is 1.06. The van der Waals surface area contributed by atoms with Crippen LogP contribution in [0.1, 0.15) is 18.5 Å². The molecule has 2 rings (SSSR count). The first-order chi connectivity index (χ1) is 8.16. The average Bonchev–Trinajstić information content (AvgIpc) is 2.83. The second-order valence-electron chi connectivity index (χ2n) is 4.05. The Morgan fingerprint density at radius 1 is 1.50 bits per heavy atom. The number of amides is 1. The molecule has 0 saturated carbocycles. The van der Waals surface area contributed by atoms with Gasteiger partial charge in [-0.1, -0.05) is 23.7 Å². The smallest absolute Gasteiger partial charge is 0.238 e. The second kappa shape index (κ2) is 7.24. The number of benzene rings is 1. The molecule has 2 atom stereocenters. The van der Waals surface area contributed by atoms with Gasteiger partial charge in [0.05, 0.1) is 12.1 Å². The molecule has 18 heavy (non-hydrogen) atoms. The van der Waals surface area contributed by atoms with Crippen LogP contribution >= 0.6 is 35.8 Å². The van der Waals surface area contributed by atoms with E-state index in [1.807, 2.05) is 31.2 Å². The van der Waals surface area contributed by atoms with E-state index in [1.54, 1.807) is 11.8 Å². The van der Waals surface area contributed by atoms with Gasteiger partial charge in [0.15, 0.2) is 0 Å². The molecule has 1 aromatic carbocycles. The maximum atomic E-state index is 11.9. The molecular weight excluding hydrogens is 291 g/mol. The van der Waals surface area contributed by atoms with Crippen molar-refractivity contribution in [1.29, 1.82) is 0 Å². The lowest BCUT2D eigenvalue weighted by atomic mass is 10.1. The standard InChI is InChI=1S/C12H15ClN2OS.ClH/c1-8(9-2-4-10(13)5-3-9)15-12(16)11-6-17-7-14-11;/h2-5,8,11,14H,6-7H2,1H3,(H,15,16);1H. The summed E-state index contributed by atoms with van der Waals surface area (Å²) in [5.74, 6) is 1.77. The lowest BCUT2D eigenvalue weighted by molar-refractivity contribution is -0.123. The normalized spacial score (nSPS) is 20.0. The zero-order valence-corrected chi connectivity index (χ0v) is 12.4. The van der Waals surface area contributed by atoms with Gasteiger partial charge in [-0.15, -0.1) is 24.2 Å². The van der Waals surface area contributed by atoms with Crippen LogP contribution in [0.3, 0.4) is 0 Å². The van der Waals surface area contributed by atoms with Crippen molar-refractivity contribution in [3.05, 3.63) is 34.9 Å². The van der Waals surface area contributed by atoms with Crippen molar-refractivity contribution in [2.75, 3.05) is 11.6 Å². The maximum Gasteiger partial charge on any atom is 0.238 e. The van der Waals surface area contributed by atoms with Crippen LogP contribution in [0, 0.1) is 0 Å². The van der Waals surface area contributed by atoms with Crippen molar-refractivity contribution in [1.82, 2.24) is 10.6 Å². The monoisotopic (exact) mass is 306 g/mol. The molecular formula is C12H16Cl2N2OS. The van der Waals surface area contributed by atoms with E-state index in [1.165, 1.54) is 0 Å². The Labute approximate surface area is 122 Å². The third kappa shape index (κ3) is 4.05. The molecule has 1 fully saturated rings. The minimum atomic E-state index is -0.0604. The van der Waals surface area contributed by atoms with Gasteiger partial charge in [0.1, 0.15) is 0 Å². The van der Waals surface area contributed by atoms with Crippen molar-refractivity contribution in [2.24, 2.45) is 0 Å². The molecule has 1 aliphatic rings. The molecule has 100 valence electrons. The number of nitrogens with one attached hydrogen (secondary N) is 2. The van der Waals surface area contributed by atoms with E-state index >= 15 is 0 Å². The Bertz CT molecular complexity index is 394. The highest BCUT2D eigenvalue weighted by atomic mass is 35.5. The predicted molar refractivity (Wildman–Crippen MR) is 79.5 cm³/mol. The highest BCUT2D eigenvalue weighted by molar-refractivity contribution is 7.99. The molecule has 3 nitrogen and oxygen atoms in total. The SMILES string of the molecule is CC(NC(=O)C1CSCN1)c1ccc(Cl)cc1.Cl. The first kappa shape index (κ1) is 15.6. The highest BCUT2D eigenvalue weighted by Crippen LogP contribution is 2.17. The third-order valence-corrected chi connectivity index (χ3v) is 3.95. The van der Waals surface area contributed by atoms with Crippen molar-refractivity contribution >= 4 is 41.7 Å². The maximum absolute atomic E-state index is 11.9. The van der Waals surface area contributed by atoms with Gasteiger partial charge in [-0.3, -0.25) is 10.1 Å². The number of thioether (sulfide) groups is 1. The molecule has 0 aromatic heterocycles. The Kier molecular flexibility index (Phi) is 6.29. The minimum Gasteiger partial charge on any atom is -0.348 e. The fourth-order valence-corrected chi connectivity index (χ4v) is 2.78. The van der Waals surface area contributed by atoms with Crippen molar-refractivity contribution in [3.8, 4) is 0 Å². The summed E-state index contributed by atoms with van der Waals surface area (Å²) in [6, 6.07) is 7.49. The van der Waals surface area contributed by atoms with Gasteiger partial charge >= 0.3 is 0 Å². The molecule has 1 aromatic rings. The van der Waals surface area contributed by atoms with E-state index in [-0.39, 0.29) is 30.4 Å². The van der Waals surface area contributed by atoms with Gasteiger partial charge in [-0.25, -0.2) is 0 Å². The first-order valence-electron chi connectivity index (χ1n) is 5.54. The van der Waals surface area contributed by atoms with E-state index in [2.05, 4.69) is 10.6 Å². The molecule has 0 spiro atoms. The molecule has 1 saturated heterocycles. The largest absolute Gasteiger partial charge is 0.348 e. The van der Waals surface area contributed by atoms with E-state index in [0.29, 0.717) is 5.02 Å². The van der Waals surface area contributed by atoms with Gasteiger partial charge in [0.25, 0.3) is 0 Å². The molecule has 1 aliphatic heterocycles. The lowest BCUT2D eigenvalue weighted by Gasteiger charge is -2.17. The lowest BCUT2D eigenvalue weighted by Crippen LogP contribution is -2.42. The van der Waals surface area contributed by atoms with Crippen LogP contribution in [-0.4, -0.2) is 23.6 Å². The summed E-state index contributed by atoms with van der Waals surface area (Å²) in [4.78, 5) is 11.9. The van der Waals surface area contributed by atoms with Gasteiger partial charge in [0.2, 0.25) is 5.91 Å². The van der Waals surface area contributed by atoms with Crippen LogP contribution in [0.2, 0.25) is 5.02 Å². The number of carbonyl (C=O) groups excluding carboxylic acids is 1. The molecule has 2 unspecified atom stereocenters. The van der Waals surface area contributed by atoms with Crippen LogP contribution in [0.15, 0.2) is 24.3 Å². The van der Waals surface area contributed by atoms with Crippen molar-refractivity contribution < 1.29 is 4.79 Å². The molecule has 0 radical (unpaired) electrons. The van der Waals surface area contributed by atoms with Crippen LogP contribution in [-0.2, 0) is 4.79 Å². The fraction of sp³-hybridized carbons (Fsp3) is 0.417. The minimum absolute atomic E-state index is 0. The molecule has 0 aliphatic carbocycles. The summed E-state index contributed by atoms with van der Waals surface area (Å²) < 4.78 is 0. The summed E-state index contributed by atoms with van der Waals surface area (Å²) in [5, 5.41) is 6.86. The van der Waals surface area contributed by atoms with E-state index in [9.17, 15) is 4.79 Å². The Hall–Kier alpha value is -0.420. The van der Waals surface area contributed by atoms with Gasteiger partial charge in [-0.2, -0.15) is 0 Å². The molecule has 2 N–H and O–H groups in total. The third-order valence-electron chi connectivity index (χ3n) is 2.76. The molecule has 1 amide bonds. The Morgan fingerprint density at radius 3 is 2.72 bits per heavy atom. The summed E-state index contributed by atoms with van der Waals surface area (Å²) in [6.45, 7) is 1.98. The van der Waals surface area contributed by atoms with E-state index in [4.69, 9.17) is 11.6 Å². The van der Waals surface area contributed by atoms with Crippen LogP contribution in [0.4, 0.5) is 0 Å². The van der Waals surface area contributed by atoms with Gasteiger partial charge in [0, 0.05) is 16.7 Å². The van der Waals surface area contributed by atoms with Gasteiger partial charge in [-0.05, 0) is 24.6 Å². The summed E-state index contributed by atoms with van der Waals surface area (Å²) >= 11 is 7.57. The highest BCUT2D eigenvalue weighted by Gasteiger charge is 2.23. The zero-order chi connectivity index (χ0) is 12.3. The number of carbonyl (C=O) groups is 1. The average molecular weight is 307 g/mol. The predicted octanol–water partition coefficient (Wildman–Crippen LogP) is 2.60. The zero-order valence-electron chi connectivity index (χ0n) is 9.98. The second-order valence-corrected chi connectivity index (χ2v) is 5.52. The number of hydrogen-bond donors (Lipinski definition) is 2. The molecule has 1 heterocycles. The summed E-state index contributed by atoms with van der Waals surface area (Å²) in [7, 11) is 0. The van der Waals surface area contributed by atoms with Crippen LogP contribution < -0.4 is 10.6 Å². The molecule has 6 heteroatoms. The first-order valence-corrected chi connectivity index (χ1v) is 7.07. The Morgan fingerprint density at radius 2 is 2.17 bits per heavy atom.